The lowest BCUT2D eigenvalue weighted by atomic mass is 9.98. The maximum atomic E-state index is 12.6. The molecule has 1 aromatic heterocycles. The Bertz CT molecular complexity index is 942. The summed E-state index contributed by atoms with van der Waals surface area (Å²) in [4.78, 5) is 41.5. The summed E-state index contributed by atoms with van der Waals surface area (Å²) in [5.74, 6) is -0.660. The summed E-state index contributed by atoms with van der Waals surface area (Å²) >= 11 is 0. The van der Waals surface area contributed by atoms with Gasteiger partial charge in [-0.05, 0) is 36.2 Å². The maximum Gasteiger partial charge on any atom is 0.359 e. The molecule has 0 unspecified atom stereocenters. The zero-order valence-corrected chi connectivity index (χ0v) is 16.5. The standard InChI is InChI=1S/C21H23N3O5/c1-12-8-15(20(22)26)10-23-19(12)21(27)29-18-9-16(11-24(18)13(2)25)14-4-6-17(28-3)7-5-14/h4-8,10,16,18H,9,11H2,1-3H3,(H2,22,26)/t16-,18-/m1/s1. The number of carbonyl (C=O) groups is 3. The average molecular weight is 397 g/mol. The number of carbonyl (C=O) groups excluding carboxylic acids is 3. The van der Waals surface area contributed by atoms with Crippen molar-refractivity contribution in [2.45, 2.75) is 32.4 Å². The zero-order valence-electron chi connectivity index (χ0n) is 16.5. The number of esters is 1. The number of pyridine rings is 1. The Morgan fingerprint density at radius 3 is 2.45 bits per heavy atom. The maximum absolute atomic E-state index is 12.6. The van der Waals surface area contributed by atoms with Crippen LogP contribution in [0.1, 0.15) is 51.2 Å². The van der Waals surface area contributed by atoms with Gasteiger partial charge in [0, 0.05) is 32.0 Å². The van der Waals surface area contributed by atoms with Crippen LogP contribution in [0, 0.1) is 6.92 Å². The lowest BCUT2D eigenvalue weighted by Crippen LogP contribution is -2.37. The lowest BCUT2D eigenvalue weighted by Gasteiger charge is -2.23. The quantitative estimate of drug-likeness (QED) is 0.773. The molecule has 0 bridgehead atoms. The first-order chi connectivity index (χ1) is 13.8. The molecule has 8 heteroatoms. The van der Waals surface area contributed by atoms with Crippen LogP contribution < -0.4 is 10.5 Å². The van der Waals surface area contributed by atoms with E-state index in [0.717, 1.165) is 11.3 Å². The molecule has 0 spiro atoms. The summed E-state index contributed by atoms with van der Waals surface area (Å²) in [5.41, 5.74) is 7.05. The Kier molecular flexibility index (Phi) is 5.81. The normalized spacial score (nSPS) is 18.4. The molecule has 8 nitrogen and oxygen atoms in total. The highest BCUT2D eigenvalue weighted by Gasteiger charge is 2.37. The van der Waals surface area contributed by atoms with Crippen LogP contribution in [-0.4, -0.2) is 47.6 Å². The van der Waals surface area contributed by atoms with E-state index in [1.165, 1.54) is 19.2 Å². The number of amides is 2. The Morgan fingerprint density at radius 1 is 1.21 bits per heavy atom. The summed E-state index contributed by atoms with van der Waals surface area (Å²) in [6.07, 6.45) is 1.03. The minimum Gasteiger partial charge on any atom is -0.497 e. The number of hydrogen-bond acceptors (Lipinski definition) is 6. The largest absolute Gasteiger partial charge is 0.497 e. The van der Waals surface area contributed by atoms with Crippen LogP contribution in [0.4, 0.5) is 0 Å². The topological polar surface area (TPSA) is 112 Å². The van der Waals surface area contributed by atoms with Crippen molar-refractivity contribution >= 4 is 17.8 Å². The third kappa shape index (κ3) is 4.37. The first-order valence-corrected chi connectivity index (χ1v) is 9.18. The monoisotopic (exact) mass is 397 g/mol. The number of rotatable bonds is 5. The number of ether oxygens (including phenoxy) is 2. The van der Waals surface area contributed by atoms with Crippen molar-refractivity contribution in [2.75, 3.05) is 13.7 Å². The smallest absolute Gasteiger partial charge is 0.359 e. The van der Waals surface area contributed by atoms with Gasteiger partial charge in [-0.15, -0.1) is 0 Å². The van der Waals surface area contributed by atoms with Crippen LogP contribution in [0.5, 0.6) is 5.75 Å². The van der Waals surface area contributed by atoms with Gasteiger partial charge in [0.15, 0.2) is 11.9 Å². The number of aryl methyl sites for hydroxylation is 1. The highest BCUT2D eigenvalue weighted by atomic mass is 16.6. The summed E-state index contributed by atoms with van der Waals surface area (Å²) < 4.78 is 10.8. The van der Waals surface area contributed by atoms with E-state index in [9.17, 15) is 14.4 Å². The fourth-order valence-electron chi connectivity index (χ4n) is 3.46. The first kappa shape index (κ1) is 20.3. The molecule has 1 fully saturated rings. The van der Waals surface area contributed by atoms with E-state index in [0.29, 0.717) is 18.5 Å². The van der Waals surface area contributed by atoms with E-state index in [1.807, 2.05) is 24.3 Å². The molecule has 152 valence electrons. The molecule has 2 aromatic rings. The van der Waals surface area contributed by atoms with Crippen LogP contribution in [0.15, 0.2) is 36.5 Å². The number of benzene rings is 1. The molecule has 1 aromatic carbocycles. The molecule has 1 saturated heterocycles. The predicted octanol–water partition coefficient (Wildman–Crippen LogP) is 2.02. The Balaban J connectivity index is 1.76. The molecule has 1 aliphatic rings. The summed E-state index contributed by atoms with van der Waals surface area (Å²) in [7, 11) is 1.60. The Morgan fingerprint density at radius 2 is 1.90 bits per heavy atom. The van der Waals surface area contributed by atoms with E-state index in [-0.39, 0.29) is 23.1 Å². The Hall–Kier alpha value is -3.42. The third-order valence-electron chi connectivity index (χ3n) is 5.04. The van der Waals surface area contributed by atoms with Gasteiger partial charge in [-0.2, -0.15) is 0 Å². The van der Waals surface area contributed by atoms with Crippen LogP contribution in [0.25, 0.3) is 0 Å². The van der Waals surface area contributed by atoms with E-state index in [4.69, 9.17) is 15.2 Å². The average Bonchev–Trinajstić information content (AvgIpc) is 3.11. The second-order valence-corrected chi connectivity index (χ2v) is 6.99. The van der Waals surface area contributed by atoms with Crippen molar-refractivity contribution < 1.29 is 23.9 Å². The molecule has 29 heavy (non-hydrogen) atoms. The second-order valence-electron chi connectivity index (χ2n) is 6.99. The van der Waals surface area contributed by atoms with Crippen molar-refractivity contribution in [1.29, 1.82) is 0 Å². The van der Waals surface area contributed by atoms with Crippen LogP contribution in [0.2, 0.25) is 0 Å². The van der Waals surface area contributed by atoms with Gasteiger partial charge in [-0.3, -0.25) is 9.59 Å². The summed E-state index contributed by atoms with van der Waals surface area (Å²) in [6, 6.07) is 9.10. The first-order valence-electron chi connectivity index (χ1n) is 9.18. The van der Waals surface area contributed by atoms with Gasteiger partial charge in [0.25, 0.3) is 0 Å². The van der Waals surface area contributed by atoms with Crippen molar-refractivity contribution in [3.05, 3.63) is 58.9 Å². The number of nitrogens with zero attached hydrogens (tertiary/aromatic N) is 2. The van der Waals surface area contributed by atoms with Crippen molar-refractivity contribution in [2.24, 2.45) is 5.73 Å². The van der Waals surface area contributed by atoms with Gasteiger partial charge in [-0.25, -0.2) is 9.78 Å². The minimum absolute atomic E-state index is 0.0360. The van der Waals surface area contributed by atoms with E-state index in [2.05, 4.69) is 4.98 Å². The number of nitrogens with two attached hydrogens (primary N) is 1. The summed E-state index contributed by atoms with van der Waals surface area (Å²) in [5, 5.41) is 0. The van der Waals surface area contributed by atoms with Crippen LogP contribution in [-0.2, 0) is 9.53 Å². The van der Waals surface area contributed by atoms with Gasteiger partial charge in [-0.1, -0.05) is 12.1 Å². The molecule has 3 rings (SSSR count). The second kappa shape index (κ2) is 8.30. The number of hydrogen-bond donors (Lipinski definition) is 1. The molecule has 0 radical (unpaired) electrons. The fraction of sp³-hybridized carbons (Fsp3) is 0.333. The molecule has 2 heterocycles. The predicted molar refractivity (Wildman–Crippen MR) is 104 cm³/mol. The fourth-order valence-corrected chi connectivity index (χ4v) is 3.46. The summed E-state index contributed by atoms with van der Waals surface area (Å²) in [6.45, 7) is 3.54. The van der Waals surface area contributed by atoms with Gasteiger partial charge >= 0.3 is 5.97 Å². The molecule has 1 aliphatic heterocycles. The van der Waals surface area contributed by atoms with E-state index < -0.39 is 18.1 Å². The lowest BCUT2D eigenvalue weighted by molar-refractivity contribution is -0.135. The van der Waals surface area contributed by atoms with Gasteiger partial charge in [0.1, 0.15) is 5.75 Å². The zero-order chi connectivity index (χ0) is 21.1. The molecule has 2 N–H and O–H groups in total. The SMILES string of the molecule is COc1ccc([C@@H]2C[C@@H](OC(=O)c3ncc(C(N)=O)cc3C)N(C(C)=O)C2)cc1. The number of likely N-dealkylation sites (tertiary alicyclic amines) is 1. The van der Waals surface area contributed by atoms with Crippen LogP contribution >= 0.6 is 0 Å². The van der Waals surface area contributed by atoms with Crippen molar-refractivity contribution in [3.8, 4) is 5.75 Å². The molecule has 2 atom stereocenters. The molecular formula is C21H23N3O5. The molecule has 0 saturated carbocycles. The van der Waals surface area contributed by atoms with Crippen molar-refractivity contribution in [3.63, 3.8) is 0 Å². The van der Waals surface area contributed by atoms with Gasteiger partial charge in [0.05, 0.1) is 12.7 Å². The minimum atomic E-state index is -0.691. The van der Waals surface area contributed by atoms with E-state index in [1.54, 1.807) is 18.9 Å². The van der Waals surface area contributed by atoms with Gasteiger partial charge < -0.3 is 20.1 Å². The van der Waals surface area contributed by atoms with Crippen LogP contribution in [0.3, 0.4) is 0 Å². The Labute approximate surface area is 168 Å². The van der Waals surface area contributed by atoms with Gasteiger partial charge in [0.2, 0.25) is 11.8 Å². The highest BCUT2D eigenvalue weighted by molar-refractivity contribution is 5.94. The third-order valence-corrected chi connectivity index (χ3v) is 5.04. The number of primary amides is 1. The molecular weight excluding hydrogens is 374 g/mol. The van der Waals surface area contributed by atoms with Crippen molar-refractivity contribution in [1.82, 2.24) is 9.88 Å². The molecule has 0 aliphatic carbocycles. The van der Waals surface area contributed by atoms with E-state index >= 15 is 0 Å². The number of methoxy groups -OCH3 is 1. The highest BCUT2D eigenvalue weighted by Crippen LogP contribution is 2.33. The number of aromatic nitrogens is 1. The molecule has 2 amide bonds.